The molecule has 1 aromatic carbocycles. The first kappa shape index (κ1) is 17.7. The van der Waals surface area contributed by atoms with E-state index in [4.69, 9.17) is 11.6 Å². The summed E-state index contributed by atoms with van der Waals surface area (Å²) in [5.74, 6) is -0.234. The first-order valence-corrected chi connectivity index (χ1v) is 8.61. The summed E-state index contributed by atoms with van der Waals surface area (Å²) in [4.78, 5) is 16.6. The molecule has 0 atom stereocenters. The van der Waals surface area contributed by atoms with Crippen LogP contribution >= 0.6 is 11.6 Å². The maximum atomic E-state index is 12.9. The topological polar surface area (TPSA) is 53.4 Å². The third-order valence-corrected chi connectivity index (χ3v) is 4.63. The van der Waals surface area contributed by atoms with Crippen molar-refractivity contribution in [2.24, 2.45) is 7.05 Å². The minimum atomic E-state index is -0.234. The lowest BCUT2D eigenvalue weighted by atomic mass is 10.2. The number of nitrogens with one attached hydrogen (secondary N) is 1. The molecule has 0 radical (unpaired) electrons. The number of nitrogens with zero attached hydrogens (tertiary/aromatic N) is 4. The van der Waals surface area contributed by atoms with Gasteiger partial charge in [0.1, 0.15) is 11.5 Å². The molecule has 0 saturated carbocycles. The number of hydrogen-bond acceptors (Lipinski definition) is 5. The number of piperazine rings is 1. The Balaban J connectivity index is 1.50. The summed E-state index contributed by atoms with van der Waals surface area (Å²) in [5.41, 5.74) is 1.27. The van der Waals surface area contributed by atoms with E-state index in [0.717, 1.165) is 45.0 Å². The molecule has 134 valence electrons. The highest BCUT2D eigenvalue weighted by Gasteiger charge is 2.21. The molecule has 0 spiro atoms. The molecule has 2 aromatic rings. The molecule has 3 rings (SSSR count). The number of hydrogen-bond donors (Lipinski definition) is 1. The average Bonchev–Trinajstić information content (AvgIpc) is 2.62. The van der Waals surface area contributed by atoms with E-state index in [0.29, 0.717) is 10.7 Å². The predicted molar refractivity (Wildman–Crippen MR) is 98.0 cm³/mol. The van der Waals surface area contributed by atoms with Crippen molar-refractivity contribution < 1.29 is 4.39 Å². The molecule has 1 fully saturated rings. The lowest BCUT2D eigenvalue weighted by molar-refractivity contribution is 0.267. The molecule has 25 heavy (non-hydrogen) atoms. The zero-order valence-corrected chi connectivity index (χ0v) is 14.8. The number of rotatable bonds is 5. The predicted octanol–water partition coefficient (Wildman–Crippen LogP) is 1.81. The minimum Gasteiger partial charge on any atom is -0.384 e. The molecule has 0 unspecified atom stereocenters. The maximum absolute atomic E-state index is 12.9. The molecule has 0 amide bonds. The standard InChI is InChI=1S/C17H21ClFN5O/c1-22-17(25)16(15(18)12-21-22)24-10-8-23(9-11-24)7-6-20-14-4-2-13(19)3-5-14/h2-5,12,20H,6-11H2,1H3. The van der Waals surface area contributed by atoms with Crippen LogP contribution in [0, 0.1) is 5.82 Å². The average molecular weight is 366 g/mol. The number of aromatic nitrogens is 2. The Morgan fingerprint density at radius 2 is 1.88 bits per heavy atom. The van der Waals surface area contributed by atoms with Gasteiger partial charge < -0.3 is 10.2 Å². The number of benzene rings is 1. The Bertz CT molecular complexity index is 772. The van der Waals surface area contributed by atoms with E-state index in [1.807, 2.05) is 4.90 Å². The number of anilines is 2. The minimum absolute atomic E-state index is 0.168. The molecule has 1 aliphatic rings. The molecular weight excluding hydrogens is 345 g/mol. The van der Waals surface area contributed by atoms with E-state index >= 15 is 0 Å². The molecule has 1 saturated heterocycles. The Labute approximate surface area is 150 Å². The summed E-state index contributed by atoms with van der Waals surface area (Å²) in [7, 11) is 1.62. The summed E-state index contributed by atoms with van der Waals surface area (Å²) >= 11 is 6.17. The maximum Gasteiger partial charge on any atom is 0.291 e. The van der Waals surface area contributed by atoms with Crippen molar-refractivity contribution in [3.63, 3.8) is 0 Å². The Hall–Kier alpha value is -2.12. The highest BCUT2D eigenvalue weighted by molar-refractivity contribution is 6.33. The van der Waals surface area contributed by atoms with E-state index in [2.05, 4.69) is 15.3 Å². The molecule has 2 heterocycles. The van der Waals surface area contributed by atoms with Crippen LogP contribution in [0.2, 0.25) is 5.02 Å². The molecule has 1 aliphatic heterocycles. The van der Waals surface area contributed by atoms with Crippen LogP contribution in [0.25, 0.3) is 0 Å². The summed E-state index contributed by atoms with van der Waals surface area (Å²) in [5, 5.41) is 7.61. The van der Waals surface area contributed by atoms with Gasteiger partial charge in [0.05, 0.1) is 11.2 Å². The quantitative estimate of drug-likeness (QED) is 0.875. The lowest BCUT2D eigenvalue weighted by Crippen LogP contribution is -2.49. The third-order valence-electron chi connectivity index (χ3n) is 4.36. The van der Waals surface area contributed by atoms with Crippen molar-refractivity contribution in [1.82, 2.24) is 14.7 Å². The first-order valence-electron chi connectivity index (χ1n) is 8.23. The Morgan fingerprint density at radius 3 is 2.56 bits per heavy atom. The van der Waals surface area contributed by atoms with Crippen LogP contribution in [0.1, 0.15) is 0 Å². The SMILES string of the molecule is Cn1ncc(Cl)c(N2CCN(CCNc3ccc(F)cc3)CC2)c1=O. The van der Waals surface area contributed by atoms with Crippen molar-refractivity contribution in [3.8, 4) is 0 Å². The number of aryl methyl sites for hydroxylation is 1. The first-order chi connectivity index (χ1) is 12.0. The highest BCUT2D eigenvalue weighted by atomic mass is 35.5. The normalized spacial score (nSPS) is 15.4. The van der Waals surface area contributed by atoms with Gasteiger partial charge in [-0.15, -0.1) is 0 Å². The van der Waals surface area contributed by atoms with Crippen LogP contribution in [0.5, 0.6) is 0 Å². The Kier molecular flexibility index (Phi) is 5.55. The zero-order chi connectivity index (χ0) is 17.8. The van der Waals surface area contributed by atoms with Gasteiger partial charge in [0.15, 0.2) is 0 Å². The van der Waals surface area contributed by atoms with Crippen LogP contribution < -0.4 is 15.8 Å². The van der Waals surface area contributed by atoms with Crippen molar-refractivity contribution in [3.05, 3.63) is 51.7 Å². The van der Waals surface area contributed by atoms with Crippen LogP contribution in [0.3, 0.4) is 0 Å². The molecular formula is C17H21ClFN5O. The van der Waals surface area contributed by atoms with Crippen LogP contribution in [-0.4, -0.2) is 53.9 Å². The molecule has 0 aliphatic carbocycles. The fourth-order valence-electron chi connectivity index (χ4n) is 2.91. The van der Waals surface area contributed by atoms with Gasteiger partial charge >= 0.3 is 0 Å². The van der Waals surface area contributed by atoms with E-state index in [1.165, 1.54) is 23.0 Å². The molecule has 0 bridgehead atoms. The van der Waals surface area contributed by atoms with Crippen LogP contribution in [0.4, 0.5) is 15.8 Å². The summed E-state index contributed by atoms with van der Waals surface area (Å²) in [6.45, 7) is 4.86. The highest BCUT2D eigenvalue weighted by Crippen LogP contribution is 2.21. The molecule has 6 nitrogen and oxygen atoms in total. The van der Waals surface area contributed by atoms with Gasteiger partial charge in [-0.25, -0.2) is 9.07 Å². The van der Waals surface area contributed by atoms with E-state index < -0.39 is 0 Å². The fraction of sp³-hybridized carbons (Fsp3) is 0.412. The van der Waals surface area contributed by atoms with Crippen molar-refractivity contribution in [1.29, 1.82) is 0 Å². The lowest BCUT2D eigenvalue weighted by Gasteiger charge is -2.36. The van der Waals surface area contributed by atoms with Gasteiger partial charge in [-0.3, -0.25) is 9.69 Å². The van der Waals surface area contributed by atoms with Crippen LogP contribution in [-0.2, 0) is 7.05 Å². The van der Waals surface area contributed by atoms with Gasteiger partial charge in [0.2, 0.25) is 0 Å². The van der Waals surface area contributed by atoms with Crippen molar-refractivity contribution in [2.45, 2.75) is 0 Å². The number of halogens is 2. The van der Waals surface area contributed by atoms with Crippen molar-refractivity contribution in [2.75, 3.05) is 49.5 Å². The second-order valence-electron chi connectivity index (χ2n) is 6.03. The smallest absolute Gasteiger partial charge is 0.291 e. The summed E-state index contributed by atoms with van der Waals surface area (Å²) < 4.78 is 14.2. The van der Waals surface area contributed by atoms with Gasteiger partial charge in [-0.05, 0) is 24.3 Å². The second-order valence-corrected chi connectivity index (χ2v) is 6.44. The van der Waals surface area contributed by atoms with Crippen LogP contribution in [0.15, 0.2) is 35.3 Å². The van der Waals surface area contributed by atoms with E-state index in [-0.39, 0.29) is 11.4 Å². The monoisotopic (exact) mass is 365 g/mol. The zero-order valence-electron chi connectivity index (χ0n) is 14.1. The van der Waals surface area contributed by atoms with Gasteiger partial charge in [0, 0.05) is 52.0 Å². The molecule has 1 aromatic heterocycles. The Morgan fingerprint density at radius 1 is 1.20 bits per heavy atom. The summed E-state index contributed by atoms with van der Waals surface area (Å²) in [6.07, 6.45) is 1.51. The van der Waals surface area contributed by atoms with Crippen molar-refractivity contribution >= 4 is 23.0 Å². The largest absolute Gasteiger partial charge is 0.384 e. The second kappa shape index (κ2) is 7.84. The van der Waals surface area contributed by atoms with Gasteiger partial charge in [-0.2, -0.15) is 5.10 Å². The van der Waals surface area contributed by atoms with Gasteiger partial charge in [0.25, 0.3) is 5.56 Å². The molecule has 8 heteroatoms. The third kappa shape index (κ3) is 4.29. The van der Waals surface area contributed by atoms with Gasteiger partial charge in [-0.1, -0.05) is 11.6 Å². The fourth-order valence-corrected chi connectivity index (χ4v) is 3.16. The van der Waals surface area contributed by atoms with E-state index in [1.54, 1.807) is 19.2 Å². The van der Waals surface area contributed by atoms with E-state index in [9.17, 15) is 9.18 Å². The molecule has 1 N–H and O–H groups in total. The summed E-state index contributed by atoms with van der Waals surface area (Å²) in [6, 6.07) is 6.35.